The number of carbonyl (C=O) groups excluding carboxylic acids is 1. The molecule has 4 nitrogen and oxygen atoms in total. The van der Waals surface area contributed by atoms with Gasteiger partial charge in [-0.3, -0.25) is 9.69 Å². The maximum absolute atomic E-state index is 13.0. The Balaban J connectivity index is 1.30. The summed E-state index contributed by atoms with van der Waals surface area (Å²) in [6.07, 6.45) is 3.63. The molecule has 0 atom stereocenters. The molecule has 0 spiro atoms. The van der Waals surface area contributed by atoms with Gasteiger partial charge >= 0.3 is 0 Å². The standard InChI is InChI=1S/C25H30Cl2N2O2/c26-22-7-6-20(23(27)16-22)17-29-12-8-19(9-13-29)24(30)28-18-25(10-14-31-15-11-25)21-4-2-1-3-5-21/h1-7,16,19H,8-15,17-18H2,(H,28,30). The van der Waals surface area contributed by atoms with Crippen LogP contribution in [0.1, 0.15) is 36.8 Å². The van der Waals surface area contributed by atoms with Gasteiger partial charge in [0.15, 0.2) is 0 Å². The molecule has 2 heterocycles. The first kappa shape index (κ1) is 22.6. The molecule has 2 aliphatic rings. The maximum atomic E-state index is 13.0. The predicted octanol–water partition coefficient (Wildman–Crippen LogP) is 5.07. The van der Waals surface area contributed by atoms with Gasteiger partial charge in [-0.2, -0.15) is 0 Å². The van der Waals surface area contributed by atoms with Crippen molar-refractivity contribution in [1.29, 1.82) is 0 Å². The van der Waals surface area contributed by atoms with E-state index in [9.17, 15) is 4.79 Å². The van der Waals surface area contributed by atoms with Gasteiger partial charge in [-0.05, 0) is 62.0 Å². The number of carbonyl (C=O) groups is 1. The number of hydrogen-bond acceptors (Lipinski definition) is 3. The van der Waals surface area contributed by atoms with Crippen LogP contribution in [0.15, 0.2) is 48.5 Å². The number of ether oxygens (including phenoxy) is 1. The average molecular weight is 461 g/mol. The van der Waals surface area contributed by atoms with Gasteiger partial charge in [0.25, 0.3) is 0 Å². The second kappa shape index (κ2) is 10.4. The van der Waals surface area contributed by atoms with E-state index in [0.29, 0.717) is 16.6 Å². The zero-order chi connectivity index (χ0) is 21.7. The minimum Gasteiger partial charge on any atom is -0.381 e. The van der Waals surface area contributed by atoms with Gasteiger partial charge in [0.1, 0.15) is 0 Å². The fraction of sp³-hybridized carbons (Fsp3) is 0.480. The number of nitrogens with one attached hydrogen (secondary N) is 1. The Bertz CT molecular complexity index is 876. The van der Waals surface area contributed by atoms with Crippen LogP contribution in [0.4, 0.5) is 0 Å². The lowest BCUT2D eigenvalue weighted by Crippen LogP contribution is -2.47. The summed E-state index contributed by atoms with van der Waals surface area (Å²) in [5.74, 6) is 0.260. The van der Waals surface area contributed by atoms with Crippen LogP contribution in [0, 0.1) is 5.92 Å². The van der Waals surface area contributed by atoms with Crippen LogP contribution in [0.3, 0.4) is 0 Å². The number of rotatable bonds is 6. The molecule has 31 heavy (non-hydrogen) atoms. The maximum Gasteiger partial charge on any atom is 0.223 e. The van der Waals surface area contributed by atoms with Crippen LogP contribution in [-0.4, -0.2) is 43.7 Å². The molecule has 0 saturated carbocycles. The van der Waals surface area contributed by atoms with Crippen molar-refractivity contribution < 1.29 is 9.53 Å². The lowest BCUT2D eigenvalue weighted by atomic mass is 9.74. The Labute approximate surface area is 194 Å². The zero-order valence-corrected chi connectivity index (χ0v) is 19.3. The van der Waals surface area contributed by atoms with Crippen molar-refractivity contribution in [2.45, 2.75) is 37.6 Å². The van der Waals surface area contributed by atoms with Crippen LogP contribution in [0.2, 0.25) is 10.0 Å². The van der Waals surface area contributed by atoms with E-state index in [1.807, 2.05) is 18.2 Å². The fourth-order valence-corrected chi connectivity index (χ4v) is 5.23. The molecule has 2 aliphatic heterocycles. The predicted molar refractivity (Wildman–Crippen MR) is 126 cm³/mol. The van der Waals surface area contributed by atoms with E-state index in [2.05, 4.69) is 34.5 Å². The molecular weight excluding hydrogens is 431 g/mol. The van der Waals surface area contributed by atoms with Crippen molar-refractivity contribution in [3.8, 4) is 0 Å². The molecule has 0 unspecified atom stereocenters. The summed E-state index contributed by atoms with van der Waals surface area (Å²) in [6, 6.07) is 16.2. The molecule has 0 radical (unpaired) electrons. The fourth-order valence-electron chi connectivity index (χ4n) is 4.77. The molecular formula is C25H30Cl2N2O2. The van der Waals surface area contributed by atoms with Crippen molar-refractivity contribution in [2.24, 2.45) is 5.92 Å². The van der Waals surface area contributed by atoms with E-state index < -0.39 is 0 Å². The highest BCUT2D eigenvalue weighted by atomic mass is 35.5. The number of hydrogen-bond donors (Lipinski definition) is 1. The third-order valence-corrected chi connectivity index (χ3v) is 7.39. The van der Waals surface area contributed by atoms with Crippen LogP contribution >= 0.6 is 23.2 Å². The Morgan fingerprint density at radius 1 is 1.06 bits per heavy atom. The van der Waals surface area contributed by atoms with E-state index in [1.54, 1.807) is 6.07 Å². The van der Waals surface area contributed by atoms with E-state index in [-0.39, 0.29) is 17.2 Å². The minimum absolute atomic E-state index is 0.0266. The lowest BCUT2D eigenvalue weighted by molar-refractivity contribution is -0.127. The highest BCUT2D eigenvalue weighted by Crippen LogP contribution is 2.34. The van der Waals surface area contributed by atoms with Gasteiger partial charge in [0, 0.05) is 47.7 Å². The molecule has 0 aliphatic carbocycles. The van der Waals surface area contributed by atoms with E-state index in [4.69, 9.17) is 27.9 Å². The van der Waals surface area contributed by atoms with Crippen LogP contribution in [0.5, 0.6) is 0 Å². The summed E-state index contributed by atoms with van der Waals surface area (Å²) >= 11 is 12.3. The third kappa shape index (κ3) is 5.61. The van der Waals surface area contributed by atoms with E-state index in [1.165, 1.54) is 5.56 Å². The van der Waals surface area contributed by atoms with Gasteiger partial charge in [-0.25, -0.2) is 0 Å². The van der Waals surface area contributed by atoms with Gasteiger partial charge in [-0.1, -0.05) is 59.6 Å². The summed E-state index contributed by atoms with van der Waals surface area (Å²) in [6.45, 7) is 4.76. The molecule has 166 valence electrons. The summed E-state index contributed by atoms with van der Waals surface area (Å²) in [4.78, 5) is 15.3. The Hall–Kier alpha value is -1.59. The molecule has 6 heteroatoms. The smallest absolute Gasteiger partial charge is 0.223 e. The number of likely N-dealkylation sites (tertiary alicyclic amines) is 1. The quantitative estimate of drug-likeness (QED) is 0.653. The number of benzene rings is 2. The molecule has 2 fully saturated rings. The van der Waals surface area contributed by atoms with Crippen molar-refractivity contribution >= 4 is 29.1 Å². The number of piperidine rings is 1. The SMILES string of the molecule is O=C(NCC1(c2ccccc2)CCOCC1)C1CCN(Cc2ccc(Cl)cc2Cl)CC1. The van der Waals surface area contributed by atoms with E-state index in [0.717, 1.165) is 64.1 Å². The summed E-state index contributed by atoms with van der Waals surface area (Å²) in [7, 11) is 0. The van der Waals surface area contributed by atoms with Gasteiger partial charge in [-0.15, -0.1) is 0 Å². The zero-order valence-electron chi connectivity index (χ0n) is 17.8. The van der Waals surface area contributed by atoms with Gasteiger partial charge < -0.3 is 10.1 Å². The van der Waals surface area contributed by atoms with Crippen molar-refractivity contribution in [3.63, 3.8) is 0 Å². The lowest BCUT2D eigenvalue weighted by Gasteiger charge is -2.38. The first-order chi connectivity index (χ1) is 15.1. The van der Waals surface area contributed by atoms with Gasteiger partial charge in [0.2, 0.25) is 5.91 Å². The molecule has 2 aromatic rings. The Morgan fingerprint density at radius 2 is 1.77 bits per heavy atom. The normalized spacial score (nSPS) is 19.8. The van der Waals surface area contributed by atoms with Gasteiger partial charge in [0.05, 0.1) is 0 Å². The second-order valence-electron chi connectivity index (χ2n) is 8.76. The first-order valence-electron chi connectivity index (χ1n) is 11.1. The minimum atomic E-state index is -0.0266. The number of nitrogens with zero attached hydrogens (tertiary/aromatic N) is 1. The molecule has 1 amide bonds. The van der Waals surface area contributed by atoms with Crippen LogP contribution in [-0.2, 0) is 21.5 Å². The second-order valence-corrected chi connectivity index (χ2v) is 9.61. The molecule has 2 aromatic carbocycles. The number of halogens is 2. The largest absolute Gasteiger partial charge is 0.381 e. The van der Waals surface area contributed by atoms with Crippen molar-refractivity contribution in [2.75, 3.05) is 32.8 Å². The topological polar surface area (TPSA) is 41.6 Å². The third-order valence-electron chi connectivity index (χ3n) is 6.80. The average Bonchev–Trinajstić information content (AvgIpc) is 2.81. The summed E-state index contributed by atoms with van der Waals surface area (Å²) < 4.78 is 5.61. The van der Waals surface area contributed by atoms with Crippen molar-refractivity contribution in [3.05, 3.63) is 69.7 Å². The monoisotopic (exact) mass is 460 g/mol. The molecule has 1 N–H and O–H groups in total. The van der Waals surface area contributed by atoms with Crippen LogP contribution in [0.25, 0.3) is 0 Å². The Morgan fingerprint density at radius 3 is 2.45 bits per heavy atom. The van der Waals surface area contributed by atoms with Crippen LogP contribution < -0.4 is 5.32 Å². The molecule has 4 rings (SSSR count). The Kier molecular flexibility index (Phi) is 7.55. The van der Waals surface area contributed by atoms with E-state index >= 15 is 0 Å². The molecule has 2 saturated heterocycles. The molecule has 0 aromatic heterocycles. The number of amides is 1. The highest BCUT2D eigenvalue weighted by Gasteiger charge is 2.35. The summed E-state index contributed by atoms with van der Waals surface area (Å²) in [5, 5.41) is 4.65. The first-order valence-corrected chi connectivity index (χ1v) is 11.9. The highest BCUT2D eigenvalue weighted by molar-refractivity contribution is 6.35. The molecule has 0 bridgehead atoms. The van der Waals surface area contributed by atoms with Crippen molar-refractivity contribution in [1.82, 2.24) is 10.2 Å². The summed E-state index contributed by atoms with van der Waals surface area (Å²) in [5.41, 5.74) is 2.35.